The minimum atomic E-state index is -0.765. The van der Waals surface area contributed by atoms with Gasteiger partial charge in [0, 0.05) is 5.56 Å². The fraction of sp³-hybridized carbons (Fsp3) is 0.167. The molecule has 10 heteroatoms. The minimum absolute atomic E-state index is 0.189. The zero-order chi connectivity index (χ0) is 28.4. The largest absolute Gasteiger partial charge is 0.497 e. The SMILES string of the molecule is CCOC(=O)C1=C(c2ccccc2)N=c2s/c(=C\c3cc(I)c(OC)c(I)c3)c(=O)n2C1c1cccc(OC)c1. The van der Waals surface area contributed by atoms with Gasteiger partial charge in [0.1, 0.15) is 11.5 Å². The quantitative estimate of drug-likeness (QED) is 0.192. The van der Waals surface area contributed by atoms with Crippen molar-refractivity contribution >= 4 is 74.3 Å². The fourth-order valence-electron chi connectivity index (χ4n) is 4.58. The number of fused-ring (bicyclic) bond motifs is 1. The number of hydrogen-bond acceptors (Lipinski definition) is 7. The van der Waals surface area contributed by atoms with Gasteiger partial charge in [0.15, 0.2) is 4.80 Å². The van der Waals surface area contributed by atoms with Gasteiger partial charge in [-0.2, -0.15) is 0 Å². The van der Waals surface area contributed by atoms with Crippen molar-refractivity contribution < 1.29 is 19.0 Å². The molecule has 1 atom stereocenters. The van der Waals surface area contributed by atoms with Crippen LogP contribution < -0.4 is 24.4 Å². The van der Waals surface area contributed by atoms with Gasteiger partial charge in [-0.1, -0.05) is 53.8 Å². The molecule has 1 unspecified atom stereocenters. The van der Waals surface area contributed by atoms with Crippen molar-refractivity contribution in [2.45, 2.75) is 13.0 Å². The molecule has 0 spiro atoms. The van der Waals surface area contributed by atoms with Crippen molar-refractivity contribution in [2.24, 2.45) is 4.99 Å². The molecule has 3 aromatic carbocycles. The van der Waals surface area contributed by atoms with Crippen LogP contribution in [0.4, 0.5) is 0 Å². The molecule has 2 heterocycles. The van der Waals surface area contributed by atoms with E-state index in [-0.39, 0.29) is 12.2 Å². The lowest BCUT2D eigenvalue weighted by Crippen LogP contribution is -2.40. The molecule has 0 aliphatic carbocycles. The molecule has 204 valence electrons. The molecule has 0 radical (unpaired) electrons. The van der Waals surface area contributed by atoms with Crippen molar-refractivity contribution in [3.8, 4) is 11.5 Å². The van der Waals surface area contributed by atoms with E-state index in [1.54, 1.807) is 25.7 Å². The summed E-state index contributed by atoms with van der Waals surface area (Å²) in [6.07, 6.45) is 1.85. The van der Waals surface area contributed by atoms with Crippen molar-refractivity contribution in [1.82, 2.24) is 4.57 Å². The van der Waals surface area contributed by atoms with Crippen LogP contribution >= 0.6 is 56.5 Å². The van der Waals surface area contributed by atoms with Crippen LogP contribution in [0, 0.1) is 7.14 Å². The van der Waals surface area contributed by atoms with Gasteiger partial charge in [-0.3, -0.25) is 9.36 Å². The fourth-order valence-corrected chi connectivity index (χ4v) is 7.83. The van der Waals surface area contributed by atoms with Gasteiger partial charge >= 0.3 is 5.97 Å². The second-order valence-electron chi connectivity index (χ2n) is 8.73. The monoisotopic (exact) mass is 778 g/mol. The summed E-state index contributed by atoms with van der Waals surface area (Å²) in [7, 11) is 3.22. The number of benzene rings is 3. The molecule has 4 aromatic rings. The van der Waals surface area contributed by atoms with Crippen LogP contribution in [0.1, 0.15) is 29.7 Å². The van der Waals surface area contributed by atoms with Gasteiger partial charge in [0.2, 0.25) is 0 Å². The molecule has 40 heavy (non-hydrogen) atoms. The van der Waals surface area contributed by atoms with Crippen LogP contribution in [0.25, 0.3) is 11.8 Å². The molecule has 0 bridgehead atoms. The smallest absolute Gasteiger partial charge is 0.338 e. The van der Waals surface area contributed by atoms with Crippen molar-refractivity contribution in [3.63, 3.8) is 0 Å². The number of nitrogens with zero attached hydrogens (tertiary/aromatic N) is 2. The molecule has 0 saturated carbocycles. The first-order valence-electron chi connectivity index (χ1n) is 12.3. The molecule has 0 N–H and O–H groups in total. The number of esters is 1. The summed E-state index contributed by atoms with van der Waals surface area (Å²) in [6, 6.07) is 20.1. The predicted octanol–water partition coefficient (Wildman–Crippen LogP) is 5.16. The average molecular weight is 778 g/mol. The van der Waals surface area contributed by atoms with Gasteiger partial charge in [-0.05, 0) is 93.6 Å². The lowest BCUT2D eigenvalue weighted by atomic mass is 9.93. The van der Waals surface area contributed by atoms with E-state index in [0.717, 1.165) is 24.0 Å². The Morgan fingerprint density at radius 2 is 1.75 bits per heavy atom. The summed E-state index contributed by atoms with van der Waals surface area (Å²) >= 11 is 5.74. The van der Waals surface area contributed by atoms with Gasteiger partial charge in [-0.25, -0.2) is 9.79 Å². The number of hydrogen-bond donors (Lipinski definition) is 0. The highest BCUT2D eigenvalue weighted by molar-refractivity contribution is 14.1. The highest BCUT2D eigenvalue weighted by atomic mass is 127. The van der Waals surface area contributed by atoms with Gasteiger partial charge in [-0.15, -0.1) is 0 Å². The van der Waals surface area contributed by atoms with E-state index < -0.39 is 12.0 Å². The number of methoxy groups -OCH3 is 2. The highest BCUT2D eigenvalue weighted by Gasteiger charge is 2.35. The Morgan fingerprint density at radius 3 is 2.40 bits per heavy atom. The van der Waals surface area contributed by atoms with Crippen LogP contribution in [0.15, 0.2) is 82.1 Å². The molecule has 5 rings (SSSR count). The van der Waals surface area contributed by atoms with E-state index in [1.165, 1.54) is 11.3 Å². The number of thiazole rings is 1. The maximum absolute atomic E-state index is 14.1. The van der Waals surface area contributed by atoms with Gasteiger partial charge in [0.25, 0.3) is 5.56 Å². The molecular weight excluding hydrogens is 754 g/mol. The number of halogens is 2. The van der Waals surface area contributed by atoms with Gasteiger partial charge in [0.05, 0.1) is 49.8 Å². The van der Waals surface area contributed by atoms with Crippen LogP contribution in [0.2, 0.25) is 0 Å². The number of aromatic nitrogens is 1. The van der Waals surface area contributed by atoms with E-state index in [4.69, 9.17) is 19.2 Å². The lowest BCUT2D eigenvalue weighted by molar-refractivity contribution is -0.138. The molecule has 0 saturated heterocycles. The Morgan fingerprint density at radius 1 is 1.02 bits per heavy atom. The van der Waals surface area contributed by atoms with Crippen molar-refractivity contribution in [2.75, 3.05) is 20.8 Å². The first-order chi connectivity index (χ1) is 19.4. The van der Waals surface area contributed by atoms with E-state index in [0.29, 0.717) is 31.9 Å². The summed E-state index contributed by atoms with van der Waals surface area (Å²) in [5, 5.41) is 0. The first-order valence-corrected chi connectivity index (χ1v) is 15.3. The maximum Gasteiger partial charge on any atom is 0.338 e. The minimum Gasteiger partial charge on any atom is -0.497 e. The van der Waals surface area contributed by atoms with Crippen LogP contribution in [0.5, 0.6) is 11.5 Å². The summed E-state index contributed by atoms with van der Waals surface area (Å²) in [5.41, 5.74) is 2.88. The van der Waals surface area contributed by atoms with E-state index in [2.05, 4.69) is 45.2 Å². The van der Waals surface area contributed by atoms with E-state index in [1.807, 2.05) is 72.8 Å². The molecule has 0 amide bonds. The Hall–Kier alpha value is -2.97. The van der Waals surface area contributed by atoms with Crippen LogP contribution in [-0.2, 0) is 9.53 Å². The third-order valence-corrected chi connectivity index (χ3v) is 8.89. The predicted molar refractivity (Wildman–Crippen MR) is 172 cm³/mol. The Balaban J connectivity index is 1.82. The lowest BCUT2D eigenvalue weighted by Gasteiger charge is -2.26. The Bertz CT molecular complexity index is 1790. The Kier molecular flexibility index (Phi) is 8.76. The summed E-state index contributed by atoms with van der Waals surface area (Å²) < 4.78 is 20.5. The van der Waals surface area contributed by atoms with Crippen LogP contribution in [0.3, 0.4) is 0 Å². The number of rotatable bonds is 7. The molecular formula is C30H24I2N2O5S. The molecule has 1 aliphatic rings. The molecule has 1 aromatic heterocycles. The number of carbonyl (C=O) groups excluding carboxylic acids is 1. The van der Waals surface area contributed by atoms with Crippen LogP contribution in [-0.4, -0.2) is 31.4 Å². The average Bonchev–Trinajstić information content (AvgIpc) is 3.26. The van der Waals surface area contributed by atoms with Gasteiger partial charge < -0.3 is 14.2 Å². The summed E-state index contributed by atoms with van der Waals surface area (Å²) in [5.74, 6) is 0.888. The third kappa shape index (κ3) is 5.48. The molecule has 0 fully saturated rings. The second-order valence-corrected chi connectivity index (χ2v) is 12.1. The topological polar surface area (TPSA) is 79.1 Å². The normalized spacial score (nSPS) is 14.9. The standard InChI is InChI=1S/C30H24I2N2O5S/c1-4-39-29(36)24-25(18-9-6-5-7-10-18)33-30-34(26(24)19-11-8-12-20(16-19)37-2)28(35)23(40-30)15-17-13-21(31)27(38-3)22(32)14-17/h5-16,26H,4H2,1-3H3/b23-15-. The zero-order valence-electron chi connectivity index (χ0n) is 21.8. The zero-order valence-corrected chi connectivity index (χ0v) is 26.9. The first kappa shape index (κ1) is 28.6. The van der Waals surface area contributed by atoms with E-state index >= 15 is 0 Å². The Labute approximate surface area is 262 Å². The molecule has 1 aliphatic heterocycles. The van der Waals surface area contributed by atoms with Crippen molar-refractivity contribution in [1.29, 1.82) is 0 Å². The summed E-state index contributed by atoms with van der Waals surface area (Å²) in [4.78, 5) is 33.0. The maximum atomic E-state index is 14.1. The second kappa shape index (κ2) is 12.3. The summed E-state index contributed by atoms with van der Waals surface area (Å²) in [6.45, 7) is 1.95. The highest BCUT2D eigenvalue weighted by Crippen LogP contribution is 2.36. The molecule has 7 nitrogen and oxygen atoms in total. The number of ether oxygens (including phenoxy) is 3. The van der Waals surface area contributed by atoms with E-state index in [9.17, 15) is 9.59 Å². The number of carbonyl (C=O) groups is 1. The third-order valence-electron chi connectivity index (χ3n) is 6.31. The van der Waals surface area contributed by atoms with Crippen molar-refractivity contribution in [3.05, 3.63) is 116 Å².